The van der Waals surface area contributed by atoms with E-state index in [0.717, 1.165) is 16.8 Å². The standard InChI is InChI=1S/C22H20IN7O/c1-12-5-3-4-6-16(12)30-14(9-15-17(22(30)31)13(2)7-8-26-15)10-27-21-18(19(23)24)20(25)28-11-29-21/h3-9,11,24H,10H2,1-2H3,(H3,25,27,28,29). The van der Waals surface area contributed by atoms with Crippen LogP contribution in [0.4, 0.5) is 11.6 Å². The summed E-state index contributed by atoms with van der Waals surface area (Å²) in [5.41, 5.74) is 10.3. The molecule has 8 nitrogen and oxygen atoms in total. The normalized spacial score (nSPS) is 10.9. The third-order valence-corrected chi connectivity index (χ3v) is 5.62. The summed E-state index contributed by atoms with van der Waals surface area (Å²) >= 11 is 1.87. The summed E-state index contributed by atoms with van der Waals surface area (Å²) in [6, 6.07) is 11.5. The van der Waals surface area contributed by atoms with Crippen molar-refractivity contribution in [3.8, 4) is 5.69 Å². The SMILES string of the molecule is Cc1ccccc1-n1c(CNc2ncnc(N)c2C(=N)I)cc2nccc(C)c2c1=O. The Morgan fingerprint density at radius 3 is 2.68 bits per heavy atom. The maximum atomic E-state index is 13.6. The van der Waals surface area contributed by atoms with Gasteiger partial charge in [-0.15, -0.1) is 0 Å². The maximum absolute atomic E-state index is 13.6. The molecule has 0 amide bonds. The van der Waals surface area contributed by atoms with Crippen molar-refractivity contribution in [2.45, 2.75) is 20.4 Å². The number of aromatic nitrogens is 4. The van der Waals surface area contributed by atoms with Gasteiger partial charge >= 0.3 is 0 Å². The molecule has 0 bridgehead atoms. The van der Waals surface area contributed by atoms with Crippen LogP contribution in [0.3, 0.4) is 0 Å². The van der Waals surface area contributed by atoms with Gasteiger partial charge in [-0.1, -0.05) is 18.2 Å². The van der Waals surface area contributed by atoms with Gasteiger partial charge in [-0.2, -0.15) is 0 Å². The van der Waals surface area contributed by atoms with Crippen LogP contribution in [-0.4, -0.2) is 23.2 Å². The van der Waals surface area contributed by atoms with Crippen LogP contribution in [0.1, 0.15) is 22.4 Å². The smallest absolute Gasteiger partial charge is 0.265 e. The third-order valence-electron chi connectivity index (χ3n) is 5.09. The number of hydrogen-bond acceptors (Lipinski definition) is 7. The average Bonchev–Trinajstić information content (AvgIpc) is 2.73. The van der Waals surface area contributed by atoms with E-state index in [2.05, 4.69) is 20.3 Å². The highest BCUT2D eigenvalue weighted by atomic mass is 127. The summed E-state index contributed by atoms with van der Waals surface area (Å²) in [4.78, 5) is 26.2. The molecule has 4 N–H and O–H groups in total. The first-order valence-electron chi connectivity index (χ1n) is 9.53. The van der Waals surface area contributed by atoms with Gasteiger partial charge in [0, 0.05) is 11.9 Å². The number of aryl methyl sites for hydroxylation is 2. The molecule has 3 aromatic heterocycles. The Kier molecular flexibility index (Phi) is 5.68. The highest BCUT2D eigenvalue weighted by molar-refractivity contribution is 14.1. The van der Waals surface area contributed by atoms with E-state index in [9.17, 15) is 4.79 Å². The number of nitrogens with zero attached hydrogens (tertiary/aromatic N) is 4. The number of para-hydroxylation sites is 1. The zero-order chi connectivity index (χ0) is 22.1. The summed E-state index contributed by atoms with van der Waals surface area (Å²) in [5.74, 6) is 0.664. The first-order valence-corrected chi connectivity index (χ1v) is 10.6. The average molecular weight is 525 g/mol. The monoisotopic (exact) mass is 525 g/mol. The van der Waals surface area contributed by atoms with Crippen molar-refractivity contribution in [1.82, 2.24) is 19.5 Å². The Bertz CT molecular complexity index is 1380. The topological polar surface area (TPSA) is 123 Å². The lowest BCUT2D eigenvalue weighted by atomic mass is 10.1. The van der Waals surface area contributed by atoms with Crippen LogP contribution in [0.5, 0.6) is 0 Å². The molecule has 0 radical (unpaired) electrons. The van der Waals surface area contributed by atoms with Crippen LogP contribution < -0.4 is 16.6 Å². The van der Waals surface area contributed by atoms with Crippen molar-refractivity contribution in [3.05, 3.63) is 81.7 Å². The number of nitrogens with one attached hydrogen (secondary N) is 2. The predicted octanol–water partition coefficient (Wildman–Crippen LogP) is 3.75. The minimum Gasteiger partial charge on any atom is -0.383 e. The summed E-state index contributed by atoms with van der Waals surface area (Å²) in [6.07, 6.45) is 3.05. The van der Waals surface area contributed by atoms with Crippen molar-refractivity contribution in [3.63, 3.8) is 0 Å². The second kappa shape index (κ2) is 8.42. The number of hydrogen-bond donors (Lipinski definition) is 3. The van der Waals surface area contributed by atoms with E-state index in [0.29, 0.717) is 28.0 Å². The number of benzene rings is 1. The van der Waals surface area contributed by atoms with Crippen LogP contribution in [0.2, 0.25) is 0 Å². The quantitative estimate of drug-likeness (QED) is 0.270. The fraction of sp³-hybridized carbons (Fsp3) is 0.136. The molecule has 0 fully saturated rings. The lowest BCUT2D eigenvalue weighted by Crippen LogP contribution is -2.25. The Morgan fingerprint density at radius 1 is 1.16 bits per heavy atom. The first kappa shape index (κ1) is 20.9. The molecule has 0 saturated heterocycles. The van der Waals surface area contributed by atoms with Crippen LogP contribution in [-0.2, 0) is 6.54 Å². The molecule has 31 heavy (non-hydrogen) atoms. The van der Waals surface area contributed by atoms with Crippen molar-refractivity contribution >= 4 is 48.8 Å². The molecule has 3 heterocycles. The molecular weight excluding hydrogens is 505 g/mol. The number of anilines is 2. The van der Waals surface area contributed by atoms with Gasteiger partial charge in [0.1, 0.15) is 21.7 Å². The molecule has 4 aromatic rings. The highest BCUT2D eigenvalue weighted by Crippen LogP contribution is 2.23. The molecule has 9 heteroatoms. The highest BCUT2D eigenvalue weighted by Gasteiger charge is 2.17. The van der Waals surface area contributed by atoms with Gasteiger partial charge in [-0.25, -0.2) is 9.97 Å². The van der Waals surface area contributed by atoms with Gasteiger partial charge in [0.15, 0.2) is 0 Å². The Balaban J connectivity index is 1.90. The van der Waals surface area contributed by atoms with E-state index in [1.54, 1.807) is 10.8 Å². The molecule has 0 aliphatic carbocycles. The van der Waals surface area contributed by atoms with Crippen molar-refractivity contribution < 1.29 is 0 Å². The van der Waals surface area contributed by atoms with E-state index in [4.69, 9.17) is 11.1 Å². The summed E-state index contributed by atoms with van der Waals surface area (Å²) in [7, 11) is 0. The first-order chi connectivity index (χ1) is 14.9. The minimum absolute atomic E-state index is 0.127. The lowest BCUT2D eigenvalue weighted by molar-refractivity contribution is 0.881. The largest absolute Gasteiger partial charge is 0.383 e. The number of halogens is 1. The molecular formula is C22H20IN7O. The summed E-state index contributed by atoms with van der Waals surface area (Å²) < 4.78 is 1.93. The third kappa shape index (κ3) is 3.88. The molecule has 0 atom stereocenters. The number of rotatable bonds is 5. The Hall–Kier alpha value is -3.34. The molecule has 0 aliphatic rings. The van der Waals surface area contributed by atoms with Crippen LogP contribution in [0.15, 0.2) is 53.7 Å². The lowest BCUT2D eigenvalue weighted by Gasteiger charge is -2.18. The van der Waals surface area contributed by atoms with E-state index >= 15 is 0 Å². The minimum atomic E-state index is -0.127. The van der Waals surface area contributed by atoms with Crippen molar-refractivity contribution in [2.75, 3.05) is 11.1 Å². The number of pyridine rings is 2. The van der Waals surface area contributed by atoms with Gasteiger partial charge in [-0.05, 0) is 65.8 Å². The van der Waals surface area contributed by atoms with E-state index in [1.165, 1.54) is 6.33 Å². The summed E-state index contributed by atoms with van der Waals surface area (Å²) in [5, 5.41) is 11.8. The molecule has 156 valence electrons. The van der Waals surface area contributed by atoms with Gasteiger partial charge < -0.3 is 11.1 Å². The van der Waals surface area contributed by atoms with Crippen molar-refractivity contribution in [1.29, 1.82) is 5.41 Å². The zero-order valence-corrected chi connectivity index (χ0v) is 19.1. The van der Waals surface area contributed by atoms with Crippen LogP contribution >= 0.6 is 22.6 Å². The molecule has 0 aliphatic heterocycles. The van der Waals surface area contributed by atoms with Gasteiger partial charge in [0.25, 0.3) is 5.56 Å². The molecule has 4 rings (SSSR count). The van der Waals surface area contributed by atoms with Crippen LogP contribution in [0.25, 0.3) is 16.6 Å². The molecule has 1 aromatic carbocycles. The Morgan fingerprint density at radius 2 is 1.94 bits per heavy atom. The van der Waals surface area contributed by atoms with E-state index in [1.807, 2.05) is 72.8 Å². The van der Waals surface area contributed by atoms with Gasteiger partial charge in [-0.3, -0.25) is 19.8 Å². The fourth-order valence-corrected chi connectivity index (χ4v) is 4.10. The van der Waals surface area contributed by atoms with Gasteiger partial charge in [0.05, 0.1) is 28.7 Å². The molecule has 0 spiro atoms. The van der Waals surface area contributed by atoms with Crippen LogP contribution in [0, 0.1) is 19.3 Å². The van der Waals surface area contributed by atoms with E-state index < -0.39 is 0 Å². The van der Waals surface area contributed by atoms with Crippen molar-refractivity contribution in [2.24, 2.45) is 0 Å². The fourth-order valence-electron chi connectivity index (χ4n) is 3.56. The second-order valence-corrected chi connectivity index (χ2v) is 8.18. The predicted molar refractivity (Wildman–Crippen MR) is 131 cm³/mol. The summed E-state index contributed by atoms with van der Waals surface area (Å²) in [6.45, 7) is 4.16. The second-order valence-electron chi connectivity index (χ2n) is 7.10. The number of fused-ring (bicyclic) bond motifs is 1. The van der Waals surface area contributed by atoms with Gasteiger partial charge in [0.2, 0.25) is 0 Å². The number of nitrogen functional groups attached to an aromatic ring is 1. The van der Waals surface area contributed by atoms with E-state index in [-0.39, 0.29) is 21.6 Å². The molecule has 0 unspecified atom stereocenters. The zero-order valence-electron chi connectivity index (χ0n) is 17.0. The number of nitrogens with two attached hydrogens (primary N) is 1. The maximum Gasteiger partial charge on any atom is 0.265 e. The Labute approximate surface area is 192 Å². The molecule has 0 saturated carbocycles.